The summed E-state index contributed by atoms with van der Waals surface area (Å²) in [6.45, 7) is 18.8. The minimum absolute atomic E-state index is 0.0711. The Hall–Kier alpha value is -4.88. The van der Waals surface area contributed by atoms with Gasteiger partial charge in [0.05, 0.1) is 6.61 Å². The fraction of sp³-hybridized carbons (Fsp3) is 0.564. The molecule has 0 saturated heterocycles. The van der Waals surface area contributed by atoms with Crippen LogP contribution in [0.5, 0.6) is 11.5 Å². The third-order valence-corrected chi connectivity index (χ3v) is 7.13. The number of carboxylic acids is 1. The van der Waals surface area contributed by atoms with E-state index in [1.807, 2.05) is 6.92 Å². The lowest BCUT2D eigenvalue weighted by Crippen LogP contribution is -2.49. The van der Waals surface area contributed by atoms with Crippen molar-refractivity contribution in [1.29, 1.82) is 0 Å². The van der Waals surface area contributed by atoms with E-state index in [4.69, 9.17) is 23.7 Å². The van der Waals surface area contributed by atoms with Crippen molar-refractivity contribution in [1.82, 2.24) is 4.90 Å². The molecule has 2 aromatic carbocycles. The average molecular weight is 747 g/mol. The number of rotatable bonds is 13. The highest BCUT2D eigenvalue weighted by molar-refractivity contribution is 6.13. The van der Waals surface area contributed by atoms with Crippen molar-refractivity contribution < 1.29 is 57.2 Å². The topological polar surface area (TPSA) is 158 Å². The van der Waals surface area contributed by atoms with Crippen LogP contribution in [0, 0.1) is 12.7 Å². The number of anilines is 1. The van der Waals surface area contributed by atoms with E-state index in [9.17, 15) is 29.1 Å². The molecule has 0 spiro atoms. The summed E-state index contributed by atoms with van der Waals surface area (Å²) in [7, 11) is 0. The van der Waals surface area contributed by atoms with Crippen LogP contribution < -0.4 is 14.4 Å². The highest BCUT2D eigenvalue weighted by Crippen LogP contribution is 2.43. The van der Waals surface area contributed by atoms with Crippen LogP contribution in [0.4, 0.5) is 24.5 Å². The monoisotopic (exact) mass is 746 g/mol. The number of hydrogen-bond donors (Lipinski definition) is 1. The Morgan fingerprint density at radius 1 is 0.792 bits per heavy atom. The standard InChI is InChI=1S/C39H55FN2O11/c1-13-15-22-49-31-28(33(45)50-25-19-17-16-18-20-25)24(3)29(40)26(23-27(32(43)44)41(21-14-2)34(46)51-37(4,5)6)30(31)42(35(47)52-38(7,8)9)36(48)53-39(10,11)12/h16-20,27H,13-15,21-23H2,1-12H3,(H,43,44). The van der Waals surface area contributed by atoms with Gasteiger partial charge in [-0.25, -0.2) is 28.4 Å². The van der Waals surface area contributed by atoms with Crippen LogP contribution in [-0.2, 0) is 25.4 Å². The van der Waals surface area contributed by atoms with Crippen molar-refractivity contribution in [3.05, 3.63) is 52.8 Å². The van der Waals surface area contributed by atoms with Gasteiger partial charge < -0.3 is 28.8 Å². The molecule has 0 bridgehead atoms. The predicted octanol–water partition coefficient (Wildman–Crippen LogP) is 8.85. The molecule has 0 fully saturated rings. The first-order chi connectivity index (χ1) is 24.4. The van der Waals surface area contributed by atoms with Gasteiger partial charge in [0, 0.05) is 24.1 Å². The molecule has 53 heavy (non-hydrogen) atoms. The molecule has 14 heteroatoms. The van der Waals surface area contributed by atoms with E-state index in [-0.39, 0.29) is 24.5 Å². The van der Waals surface area contributed by atoms with E-state index in [1.54, 1.807) is 87.4 Å². The van der Waals surface area contributed by atoms with Gasteiger partial charge in [0.25, 0.3) is 0 Å². The highest BCUT2D eigenvalue weighted by Gasteiger charge is 2.43. The van der Waals surface area contributed by atoms with E-state index in [0.717, 1.165) is 4.90 Å². The van der Waals surface area contributed by atoms with Crippen molar-refractivity contribution in [2.24, 2.45) is 0 Å². The molecule has 0 radical (unpaired) electrons. The molecule has 294 valence electrons. The third-order valence-electron chi connectivity index (χ3n) is 7.13. The fourth-order valence-electron chi connectivity index (χ4n) is 4.97. The Bertz CT molecular complexity index is 1600. The lowest BCUT2D eigenvalue weighted by Gasteiger charge is -2.34. The first-order valence-corrected chi connectivity index (χ1v) is 17.7. The van der Waals surface area contributed by atoms with Gasteiger partial charge in [-0.15, -0.1) is 0 Å². The van der Waals surface area contributed by atoms with Crippen LogP contribution in [0.2, 0.25) is 0 Å². The number of carboxylic acid groups (broad SMARTS) is 1. The molecule has 0 aromatic heterocycles. The first-order valence-electron chi connectivity index (χ1n) is 17.7. The molecule has 1 atom stereocenters. The van der Waals surface area contributed by atoms with Crippen molar-refractivity contribution in [2.45, 2.75) is 132 Å². The van der Waals surface area contributed by atoms with Gasteiger partial charge in [-0.3, -0.25) is 4.90 Å². The van der Waals surface area contributed by atoms with E-state index >= 15 is 4.39 Å². The van der Waals surface area contributed by atoms with E-state index < -0.39 is 87.9 Å². The Balaban J connectivity index is 3.18. The molecule has 3 amide bonds. The smallest absolute Gasteiger partial charge is 0.424 e. The summed E-state index contributed by atoms with van der Waals surface area (Å²) < 4.78 is 45.7. The summed E-state index contributed by atoms with van der Waals surface area (Å²) in [5.74, 6) is -4.12. The summed E-state index contributed by atoms with van der Waals surface area (Å²) in [6.07, 6.45) is -3.10. The Labute approximate surface area is 311 Å². The zero-order valence-electron chi connectivity index (χ0n) is 33.0. The molecule has 0 heterocycles. The molecule has 2 rings (SSSR count). The minimum Gasteiger partial charge on any atom is -0.490 e. The number of esters is 1. The number of unbranched alkanes of at least 4 members (excludes halogenated alkanes) is 1. The van der Waals surface area contributed by atoms with Crippen molar-refractivity contribution in [3.8, 4) is 11.5 Å². The number of imide groups is 1. The zero-order chi connectivity index (χ0) is 40.5. The lowest BCUT2D eigenvalue weighted by molar-refractivity contribution is -0.143. The molecule has 2 aromatic rings. The van der Waals surface area contributed by atoms with Gasteiger partial charge in [-0.2, -0.15) is 4.90 Å². The molecule has 0 aliphatic carbocycles. The summed E-state index contributed by atoms with van der Waals surface area (Å²) in [4.78, 5) is 70.0. The van der Waals surface area contributed by atoms with Crippen molar-refractivity contribution >= 4 is 35.9 Å². The number of hydrogen-bond acceptors (Lipinski definition) is 10. The molecule has 1 unspecified atom stereocenters. The largest absolute Gasteiger partial charge is 0.490 e. The second-order valence-corrected chi connectivity index (χ2v) is 15.4. The summed E-state index contributed by atoms with van der Waals surface area (Å²) in [5.41, 5.74) is -5.38. The molecule has 1 N–H and O–H groups in total. The third kappa shape index (κ3) is 12.9. The number of carbonyl (C=O) groups is 5. The van der Waals surface area contributed by atoms with Gasteiger partial charge in [0.15, 0.2) is 5.75 Å². The van der Waals surface area contributed by atoms with Gasteiger partial charge >= 0.3 is 30.2 Å². The molecular formula is C39H55FN2O11. The maximum Gasteiger partial charge on any atom is 0.424 e. The second-order valence-electron chi connectivity index (χ2n) is 15.4. The van der Waals surface area contributed by atoms with E-state index in [2.05, 4.69) is 0 Å². The predicted molar refractivity (Wildman–Crippen MR) is 196 cm³/mol. The van der Waals surface area contributed by atoms with E-state index in [0.29, 0.717) is 24.2 Å². The van der Waals surface area contributed by atoms with Gasteiger partial charge in [0.1, 0.15) is 45.7 Å². The van der Waals surface area contributed by atoms with Crippen LogP contribution in [0.15, 0.2) is 30.3 Å². The average Bonchev–Trinajstić information content (AvgIpc) is 3.00. The quantitative estimate of drug-likeness (QED) is 0.0903. The minimum atomic E-state index is -1.79. The van der Waals surface area contributed by atoms with Gasteiger partial charge in [0.2, 0.25) is 0 Å². The van der Waals surface area contributed by atoms with Crippen LogP contribution in [-0.4, -0.2) is 76.2 Å². The number of ether oxygens (including phenoxy) is 5. The van der Waals surface area contributed by atoms with Gasteiger partial charge in [-0.1, -0.05) is 38.5 Å². The number of benzene rings is 2. The molecule has 0 aliphatic rings. The van der Waals surface area contributed by atoms with E-state index in [1.165, 1.54) is 19.1 Å². The summed E-state index contributed by atoms with van der Waals surface area (Å²) in [5, 5.41) is 10.6. The van der Waals surface area contributed by atoms with Crippen LogP contribution >= 0.6 is 0 Å². The zero-order valence-corrected chi connectivity index (χ0v) is 33.0. The maximum atomic E-state index is 17.2. The number of carbonyl (C=O) groups excluding carboxylic acids is 4. The molecule has 13 nitrogen and oxygen atoms in total. The molecule has 0 aliphatic heterocycles. The van der Waals surface area contributed by atoms with Crippen molar-refractivity contribution in [3.63, 3.8) is 0 Å². The summed E-state index contributed by atoms with van der Waals surface area (Å²) >= 11 is 0. The van der Waals surface area contributed by atoms with Gasteiger partial charge in [-0.05, 0) is 94.2 Å². The number of aliphatic carboxylic acids is 1. The second kappa shape index (κ2) is 18.2. The number of halogens is 1. The molecule has 0 saturated carbocycles. The lowest BCUT2D eigenvalue weighted by atomic mass is 9.94. The number of nitrogens with zero attached hydrogens (tertiary/aromatic N) is 2. The highest BCUT2D eigenvalue weighted by atomic mass is 19.1. The van der Waals surface area contributed by atoms with Crippen LogP contribution in [0.25, 0.3) is 0 Å². The Morgan fingerprint density at radius 2 is 1.30 bits per heavy atom. The SMILES string of the molecule is CCCCOc1c(C(=O)Oc2ccccc2)c(C)c(F)c(CC(C(=O)O)N(CCC)C(=O)OC(C)(C)C)c1N(C(=O)OC(C)(C)C)C(=O)OC(C)(C)C. The normalized spacial score (nSPS) is 12.3. The van der Waals surface area contributed by atoms with Crippen molar-refractivity contribution in [2.75, 3.05) is 18.1 Å². The van der Waals surface area contributed by atoms with Crippen LogP contribution in [0.1, 0.15) is 117 Å². The van der Waals surface area contributed by atoms with Crippen LogP contribution in [0.3, 0.4) is 0 Å². The molecular weight excluding hydrogens is 691 g/mol. The number of para-hydroxylation sites is 1. The Kier molecular flexibility index (Phi) is 15.2. The Morgan fingerprint density at radius 3 is 1.75 bits per heavy atom. The maximum absolute atomic E-state index is 17.2. The summed E-state index contributed by atoms with van der Waals surface area (Å²) in [6, 6.07) is 6.15. The number of amides is 3. The fourth-order valence-corrected chi connectivity index (χ4v) is 4.97. The first kappa shape index (κ1) is 44.3.